The van der Waals surface area contributed by atoms with Gasteiger partial charge in [0, 0.05) is 11.6 Å². The highest BCUT2D eigenvalue weighted by Crippen LogP contribution is 2.23. The highest BCUT2D eigenvalue weighted by Gasteiger charge is 2.18. The number of hydrogen-bond donors (Lipinski definition) is 1. The van der Waals surface area contributed by atoms with E-state index in [0.717, 1.165) is 25.3 Å². The van der Waals surface area contributed by atoms with Crippen molar-refractivity contribution in [2.75, 3.05) is 5.32 Å². The third-order valence-electron chi connectivity index (χ3n) is 2.56. The second-order valence-corrected chi connectivity index (χ2v) is 4.74. The van der Waals surface area contributed by atoms with Gasteiger partial charge >= 0.3 is 0 Å². The second-order valence-electron chi connectivity index (χ2n) is 4.74. The number of benzene rings is 1. The van der Waals surface area contributed by atoms with Crippen molar-refractivity contribution < 1.29 is 8.78 Å². The maximum atomic E-state index is 13.4. The molecule has 0 heterocycles. The zero-order valence-corrected chi connectivity index (χ0v) is 10.1. The lowest BCUT2D eigenvalue weighted by Crippen LogP contribution is -2.31. The quantitative estimate of drug-likeness (QED) is 0.788. The van der Waals surface area contributed by atoms with Gasteiger partial charge in [0.25, 0.3) is 0 Å². The first-order valence-corrected chi connectivity index (χ1v) is 5.68. The highest BCUT2D eigenvalue weighted by atomic mass is 19.1. The summed E-state index contributed by atoms with van der Waals surface area (Å²) in [5, 5.41) is 3.11. The molecule has 0 aliphatic heterocycles. The average molecular weight is 227 g/mol. The lowest BCUT2D eigenvalue weighted by molar-refractivity contribution is 0.487. The van der Waals surface area contributed by atoms with E-state index in [1.54, 1.807) is 0 Å². The van der Waals surface area contributed by atoms with Crippen molar-refractivity contribution in [3.8, 4) is 0 Å². The minimum Gasteiger partial charge on any atom is -0.378 e. The molecule has 1 aromatic carbocycles. The number of hydrogen-bond acceptors (Lipinski definition) is 1. The Morgan fingerprint density at radius 3 is 2.50 bits per heavy atom. The summed E-state index contributed by atoms with van der Waals surface area (Å²) in [6.45, 7) is 6.16. The molecular formula is C13H19F2N. The molecule has 3 heteroatoms. The van der Waals surface area contributed by atoms with Crippen LogP contribution >= 0.6 is 0 Å². The molecule has 0 aliphatic carbocycles. The van der Waals surface area contributed by atoms with Crippen molar-refractivity contribution in [1.29, 1.82) is 0 Å². The molecular weight excluding hydrogens is 208 g/mol. The summed E-state index contributed by atoms with van der Waals surface area (Å²) in [4.78, 5) is 0. The summed E-state index contributed by atoms with van der Waals surface area (Å²) in [5.41, 5.74) is 0.191. The summed E-state index contributed by atoms with van der Waals surface area (Å²) in [6, 6.07) is 3.61. The molecule has 0 atom stereocenters. The fraction of sp³-hybridized carbons (Fsp3) is 0.538. The standard InChI is InChI=1S/C13H19F2N/c1-4-5-8-13(2,3)16-12-7-6-10(14)9-11(12)15/h6-7,9,16H,4-5,8H2,1-3H3. The number of nitrogens with one attached hydrogen (secondary N) is 1. The third kappa shape index (κ3) is 3.80. The summed E-state index contributed by atoms with van der Waals surface area (Å²) < 4.78 is 26.1. The highest BCUT2D eigenvalue weighted by molar-refractivity contribution is 5.46. The Morgan fingerprint density at radius 1 is 1.25 bits per heavy atom. The van der Waals surface area contributed by atoms with Crippen LogP contribution in [0.4, 0.5) is 14.5 Å². The van der Waals surface area contributed by atoms with Crippen molar-refractivity contribution in [1.82, 2.24) is 0 Å². The monoisotopic (exact) mass is 227 g/mol. The van der Waals surface area contributed by atoms with Crippen molar-refractivity contribution in [3.05, 3.63) is 29.8 Å². The minimum absolute atomic E-state index is 0.172. The van der Waals surface area contributed by atoms with Gasteiger partial charge in [-0.3, -0.25) is 0 Å². The van der Waals surface area contributed by atoms with E-state index in [9.17, 15) is 8.78 Å². The molecule has 0 spiro atoms. The Bertz CT molecular complexity index is 348. The van der Waals surface area contributed by atoms with Gasteiger partial charge in [0.1, 0.15) is 11.6 Å². The fourth-order valence-electron chi connectivity index (χ4n) is 1.64. The van der Waals surface area contributed by atoms with Crippen LogP contribution in [0.15, 0.2) is 18.2 Å². The molecule has 0 aromatic heterocycles. The zero-order valence-electron chi connectivity index (χ0n) is 10.1. The van der Waals surface area contributed by atoms with Crippen LogP contribution in [0.1, 0.15) is 40.0 Å². The first kappa shape index (κ1) is 12.9. The summed E-state index contributed by atoms with van der Waals surface area (Å²) >= 11 is 0. The summed E-state index contributed by atoms with van der Waals surface area (Å²) in [7, 11) is 0. The van der Waals surface area contributed by atoms with Crippen molar-refractivity contribution in [2.45, 2.75) is 45.6 Å². The Balaban J connectivity index is 2.71. The van der Waals surface area contributed by atoms with E-state index in [0.29, 0.717) is 5.69 Å². The zero-order chi connectivity index (χ0) is 12.2. The van der Waals surface area contributed by atoms with Crippen LogP contribution in [-0.2, 0) is 0 Å². The van der Waals surface area contributed by atoms with Gasteiger partial charge in [0.15, 0.2) is 0 Å². The molecule has 0 bridgehead atoms. The van der Waals surface area contributed by atoms with E-state index in [1.807, 2.05) is 13.8 Å². The predicted molar refractivity (Wildman–Crippen MR) is 63.6 cm³/mol. The molecule has 0 amide bonds. The molecule has 90 valence electrons. The summed E-state index contributed by atoms with van der Waals surface area (Å²) in [6.07, 6.45) is 3.15. The Labute approximate surface area is 95.9 Å². The molecule has 0 fully saturated rings. The van der Waals surface area contributed by atoms with Crippen molar-refractivity contribution in [2.24, 2.45) is 0 Å². The lowest BCUT2D eigenvalue weighted by Gasteiger charge is -2.27. The molecule has 1 nitrogen and oxygen atoms in total. The van der Waals surface area contributed by atoms with E-state index >= 15 is 0 Å². The number of unbranched alkanes of at least 4 members (excludes halogenated alkanes) is 1. The fourth-order valence-corrected chi connectivity index (χ4v) is 1.64. The maximum absolute atomic E-state index is 13.4. The topological polar surface area (TPSA) is 12.0 Å². The molecule has 1 rings (SSSR count). The van der Waals surface area contributed by atoms with Crippen LogP contribution < -0.4 is 5.32 Å². The Hall–Kier alpha value is -1.12. The largest absolute Gasteiger partial charge is 0.378 e. The first-order chi connectivity index (χ1) is 7.44. The van der Waals surface area contributed by atoms with Gasteiger partial charge < -0.3 is 5.32 Å². The normalized spacial score (nSPS) is 11.6. The van der Waals surface area contributed by atoms with Crippen LogP contribution in [0.5, 0.6) is 0 Å². The molecule has 16 heavy (non-hydrogen) atoms. The SMILES string of the molecule is CCCCC(C)(C)Nc1ccc(F)cc1F. The van der Waals surface area contributed by atoms with E-state index in [2.05, 4.69) is 12.2 Å². The van der Waals surface area contributed by atoms with Gasteiger partial charge in [0.05, 0.1) is 5.69 Å². The summed E-state index contributed by atoms with van der Waals surface area (Å²) in [5.74, 6) is -1.08. The first-order valence-electron chi connectivity index (χ1n) is 5.68. The van der Waals surface area contributed by atoms with Gasteiger partial charge in [-0.2, -0.15) is 0 Å². The smallest absolute Gasteiger partial charge is 0.149 e. The van der Waals surface area contributed by atoms with E-state index in [4.69, 9.17) is 0 Å². The second kappa shape index (κ2) is 5.28. The Kier molecular flexibility index (Phi) is 4.27. The van der Waals surface area contributed by atoms with Gasteiger partial charge in [0.2, 0.25) is 0 Å². The number of halogens is 2. The maximum Gasteiger partial charge on any atom is 0.149 e. The third-order valence-corrected chi connectivity index (χ3v) is 2.56. The molecule has 0 saturated heterocycles. The molecule has 1 aromatic rings. The average Bonchev–Trinajstić information content (AvgIpc) is 2.19. The van der Waals surface area contributed by atoms with Gasteiger partial charge in [-0.25, -0.2) is 8.78 Å². The van der Waals surface area contributed by atoms with Gasteiger partial charge in [-0.05, 0) is 32.4 Å². The van der Waals surface area contributed by atoms with Crippen molar-refractivity contribution in [3.63, 3.8) is 0 Å². The molecule has 0 aliphatic rings. The Morgan fingerprint density at radius 2 is 1.94 bits per heavy atom. The van der Waals surface area contributed by atoms with Crippen LogP contribution in [-0.4, -0.2) is 5.54 Å². The van der Waals surface area contributed by atoms with Crippen molar-refractivity contribution >= 4 is 5.69 Å². The van der Waals surface area contributed by atoms with E-state index < -0.39 is 11.6 Å². The lowest BCUT2D eigenvalue weighted by atomic mass is 9.97. The minimum atomic E-state index is -0.547. The van der Waals surface area contributed by atoms with Crippen LogP contribution in [0.3, 0.4) is 0 Å². The molecule has 0 radical (unpaired) electrons. The number of rotatable bonds is 5. The molecule has 1 N–H and O–H groups in total. The van der Waals surface area contributed by atoms with Crippen LogP contribution in [0.2, 0.25) is 0 Å². The van der Waals surface area contributed by atoms with E-state index in [-0.39, 0.29) is 5.54 Å². The molecule has 0 saturated carbocycles. The molecule has 0 unspecified atom stereocenters. The van der Waals surface area contributed by atoms with Gasteiger partial charge in [-0.15, -0.1) is 0 Å². The van der Waals surface area contributed by atoms with Crippen LogP contribution in [0.25, 0.3) is 0 Å². The number of anilines is 1. The van der Waals surface area contributed by atoms with E-state index in [1.165, 1.54) is 12.1 Å². The predicted octanol–water partition coefficient (Wildman–Crippen LogP) is 4.35. The van der Waals surface area contributed by atoms with Crippen LogP contribution in [0, 0.1) is 11.6 Å². The van der Waals surface area contributed by atoms with Gasteiger partial charge in [-0.1, -0.05) is 19.8 Å².